The van der Waals surface area contributed by atoms with E-state index in [2.05, 4.69) is 20.7 Å². The van der Waals surface area contributed by atoms with Crippen molar-refractivity contribution in [1.29, 1.82) is 0 Å². The van der Waals surface area contributed by atoms with E-state index in [1.165, 1.54) is 13.2 Å². The molecule has 1 aromatic rings. The van der Waals surface area contributed by atoms with Crippen LogP contribution < -0.4 is 15.2 Å². The molecule has 0 aliphatic rings. The van der Waals surface area contributed by atoms with Crippen molar-refractivity contribution in [3.63, 3.8) is 0 Å². The summed E-state index contributed by atoms with van der Waals surface area (Å²) in [6.07, 6.45) is 0.579. The Morgan fingerprint density at radius 1 is 1.47 bits per heavy atom. The zero-order chi connectivity index (χ0) is 13.8. The minimum absolute atomic E-state index is 0. The van der Waals surface area contributed by atoms with Crippen molar-refractivity contribution in [2.45, 2.75) is 24.3 Å². The second kappa shape index (κ2) is 8.06. The van der Waals surface area contributed by atoms with E-state index in [0.29, 0.717) is 23.2 Å². The predicted molar refractivity (Wildman–Crippen MR) is 81.4 cm³/mol. The van der Waals surface area contributed by atoms with E-state index >= 15 is 0 Å². The molecule has 19 heavy (non-hydrogen) atoms. The molecule has 110 valence electrons. The average Bonchev–Trinajstić information content (AvgIpc) is 2.28. The van der Waals surface area contributed by atoms with Crippen molar-refractivity contribution < 1.29 is 13.2 Å². The van der Waals surface area contributed by atoms with Crippen LogP contribution in [-0.4, -0.2) is 28.1 Å². The lowest BCUT2D eigenvalue weighted by molar-refractivity contribution is 0.402. The molecule has 1 unspecified atom stereocenters. The number of ether oxygens (including phenoxy) is 1. The maximum Gasteiger partial charge on any atom is 0.244 e. The highest BCUT2D eigenvalue weighted by Crippen LogP contribution is 2.26. The molecule has 0 amide bonds. The molecular formula is C11H18BrClN2O3S. The van der Waals surface area contributed by atoms with Crippen LogP contribution in [0.15, 0.2) is 27.6 Å². The first-order chi connectivity index (χ1) is 8.36. The van der Waals surface area contributed by atoms with Crippen LogP contribution in [0.4, 0.5) is 0 Å². The SMILES string of the molecule is COc1ccc(Br)cc1S(=O)(=O)NCCC(C)N.Cl. The lowest BCUT2D eigenvalue weighted by atomic mass is 10.3. The lowest BCUT2D eigenvalue weighted by Gasteiger charge is -2.11. The Balaban J connectivity index is 0.00000324. The van der Waals surface area contributed by atoms with Crippen LogP contribution in [0.2, 0.25) is 0 Å². The van der Waals surface area contributed by atoms with Crippen molar-refractivity contribution in [3.05, 3.63) is 22.7 Å². The molecule has 5 nitrogen and oxygen atoms in total. The van der Waals surface area contributed by atoms with Gasteiger partial charge in [0, 0.05) is 17.1 Å². The fourth-order valence-electron chi connectivity index (χ4n) is 1.36. The highest BCUT2D eigenvalue weighted by molar-refractivity contribution is 9.10. The number of methoxy groups -OCH3 is 1. The maximum atomic E-state index is 12.1. The van der Waals surface area contributed by atoms with E-state index in [1.807, 2.05) is 6.92 Å². The summed E-state index contributed by atoms with van der Waals surface area (Å²) in [6, 6.07) is 4.79. The molecule has 0 radical (unpaired) electrons. The molecule has 1 rings (SSSR count). The molecule has 0 saturated carbocycles. The summed E-state index contributed by atoms with van der Waals surface area (Å²) in [6.45, 7) is 2.13. The summed E-state index contributed by atoms with van der Waals surface area (Å²) in [5.74, 6) is 0.312. The predicted octanol–water partition coefficient (Wildman–Crippen LogP) is 1.90. The lowest BCUT2D eigenvalue weighted by Crippen LogP contribution is -2.29. The van der Waals surface area contributed by atoms with Gasteiger partial charge in [0.1, 0.15) is 10.6 Å². The zero-order valence-corrected chi connectivity index (χ0v) is 13.9. The van der Waals surface area contributed by atoms with Gasteiger partial charge in [0.15, 0.2) is 0 Å². The Labute approximate surface area is 128 Å². The van der Waals surface area contributed by atoms with Crippen LogP contribution >= 0.6 is 28.3 Å². The third-order valence-electron chi connectivity index (χ3n) is 2.31. The summed E-state index contributed by atoms with van der Waals surface area (Å²) in [4.78, 5) is 0.115. The van der Waals surface area contributed by atoms with Crippen molar-refractivity contribution >= 4 is 38.4 Å². The number of rotatable bonds is 6. The largest absolute Gasteiger partial charge is 0.495 e. The molecule has 0 saturated heterocycles. The molecule has 0 bridgehead atoms. The van der Waals surface area contributed by atoms with Crippen LogP contribution in [0.25, 0.3) is 0 Å². The van der Waals surface area contributed by atoms with E-state index in [1.54, 1.807) is 12.1 Å². The minimum Gasteiger partial charge on any atom is -0.495 e. The Bertz CT molecular complexity index is 509. The topological polar surface area (TPSA) is 81.4 Å². The van der Waals surface area contributed by atoms with Crippen molar-refractivity contribution in [2.24, 2.45) is 5.73 Å². The Kier molecular flexibility index (Phi) is 7.92. The van der Waals surface area contributed by atoms with E-state index in [9.17, 15) is 8.42 Å². The third kappa shape index (κ3) is 5.66. The van der Waals surface area contributed by atoms with E-state index in [0.717, 1.165) is 0 Å². The molecule has 0 heterocycles. The summed E-state index contributed by atoms with van der Waals surface area (Å²) >= 11 is 3.24. The summed E-state index contributed by atoms with van der Waals surface area (Å²) in [5, 5.41) is 0. The Morgan fingerprint density at radius 2 is 2.11 bits per heavy atom. The van der Waals surface area contributed by atoms with Gasteiger partial charge < -0.3 is 10.5 Å². The number of sulfonamides is 1. The Morgan fingerprint density at radius 3 is 2.63 bits per heavy atom. The first-order valence-electron chi connectivity index (χ1n) is 5.45. The van der Waals surface area contributed by atoms with Gasteiger partial charge in [-0.05, 0) is 31.5 Å². The second-order valence-electron chi connectivity index (χ2n) is 3.96. The molecule has 8 heteroatoms. The fourth-order valence-corrected chi connectivity index (χ4v) is 3.11. The quantitative estimate of drug-likeness (QED) is 0.798. The number of nitrogens with one attached hydrogen (secondary N) is 1. The van der Waals surface area contributed by atoms with Crippen LogP contribution in [-0.2, 0) is 10.0 Å². The van der Waals surface area contributed by atoms with Crippen molar-refractivity contribution in [3.8, 4) is 5.75 Å². The van der Waals surface area contributed by atoms with E-state index < -0.39 is 10.0 Å². The molecule has 0 aromatic heterocycles. The Hall–Kier alpha value is -0.340. The molecule has 3 N–H and O–H groups in total. The standard InChI is InChI=1S/C11H17BrN2O3S.ClH/c1-8(13)5-6-14-18(15,16)11-7-9(12)3-4-10(11)17-2;/h3-4,7-8,14H,5-6,13H2,1-2H3;1H. The molecular weight excluding hydrogens is 356 g/mol. The number of hydrogen-bond acceptors (Lipinski definition) is 4. The van der Waals surface area contributed by atoms with Gasteiger partial charge in [-0.1, -0.05) is 15.9 Å². The molecule has 1 atom stereocenters. The molecule has 0 spiro atoms. The summed E-state index contributed by atoms with van der Waals surface area (Å²) in [5.41, 5.74) is 5.57. The van der Waals surface area contributed by atoms with Gasteiger partial charge in [-0.3, -0.25) is 0 Å². The van der Waals surface area contributed by atoms with Gasteiger partial charge in [-0.15, -0.1) is 12.4 Å². The van der Waals surface area contributed by atoms with Crippen LogP contribution in [0.5, 0.6) is 5.75 Å². The van der Waals surface area contributed by atoms with Gasteiger partial charge in [-0.25, -0.2) is 13.1 Å². The fraction of sp³-hybridized carbons (Fsp3) is 0.455. The molecule has 0 aliphatic heterocycles. The first kappa shape index (κ1) is 18.7. The van der Waals surface area contributed by atoms with Gasteiger partial charge in [0.05, 0.1) is 7.11 Å². The van der Waals surface area contributed by atoms with Crippen LogP contribution in [0.3, 0.4) is 0 Å². The van der Waals surface area contributed by atoms with Gasteiger partial charge >= 0.3 is 0 Å². The number of nitrogens with two attached hydrogens (primary N) is 1. The van der Waals surface area contributed by atoms with Crippen molar-refractivity contribution in [1.82, 2.24) is 4.72 Å². The summed E-state index contributed by atoms with van der Waals surface area (Å²) < 4.78 is 32.4. The highest BCUT2D eigenvalue weighted by Gasteiger charge is 2.19. The first-order valence-corrected chi connectivity index (χ1v) is 7.73. The van der Waals surface area contributed by atoms with Crippen LogP contribution in [0, 0.1) is 0 Å². The van der Waals surface area contributed by atoms with Gasteiger partial charge in [-0.2, -0.15) is 0 Å². The third-order valence-corrected chi connectivity index (χ3v) is 4.28. The number of halogens is 2. The summed E-state index contributed by atoms with van der Waals surface area (Å²) in [7, 11) is -2.15. The second-order valence-corrected chi connectivity index (χ2v) is 6.61. The monoisotopic (exact) mass is 372 g/mol. The van der Waals surface area contributed by atoms with E-state index in [-0.39, 0.29) is 23.3 Å². The smallest absolute Gasteiger partial charge is 0.244 e. The van der Waals surface area contributed by atoms with Crippen LogP contribution in [0.1, 0.15) is 13.3 Å². The average molecular weight is 374 g/mol. The zero-order valence-electron chi connectivity index (χ0n) is 10.7. The molecule has 0 fully saturated rings. The van der Waals surface area contributed by atoms with Gasteiger partial charge in [0.2, 0.25) is 10.0 Å². The highest BCUT2D eigenvalue weighted by atomic mass is 79.9. The maximum absolute atomic E-state index is 12.1. The molecule has 1 aromatic carbocycles. The number of hydrogen-bond donors (Lipinski definition) is 2. The minimum atomic E-state index is -3.58. The number of benzene rings is 1. The van der Waals surface area contributed by atoms with Gasteiger partial charge in [0.25, 0.3) is 0 Å². The van der Waals surface area contributed by atoms with E-state index in [4.69, 9.17) is 10.5 Å². The normalized spacial score (nSPS) is 12.6. The molecule has 0 aliphatic carbocycles. The van der Waals surface area contributed by atoms with Crippen molar-refractivity contribution in [2.75, 3.05) is 13.7 Å².